The Morgan fingerprint density at radius 3 is 2.97 bits per heavy atom. The number of hydrogen-bond acceptors (Lipinski definition) is 8. The summed E-state index contributed by atoms with van der Waals surface area (Å²) in [6.45, 7) is 0.813. The molecular weight excluding hydrogens is 410 g/mol. The van der Waals surface area contributed by atoms with Crippen LogP contribution in [0.3, 0.4) is 0 Å². The molecular formula is C19H23N5O5S. The lowest BCUT2D eigenvalue weighted by Crippen LogP contribution is -2.47. The first-order chi connectivity index (χ1) is 14.3. The summed E-state index contributed by atoms with van der Waals surface area (Å²) in [5.41, 5.74) is 6.82. The van der Waals surface area contributed by atoms with Crippen LogP contribution in [0.15, 0.2) is 45.7 Å². The van der Waals surface area contributed by atoms with Crippen LogP contribution in [-0.2, 0) is 0 Å². The minimum atomic E-state index is -3.38. The van der Waals surface area contributed by atoms with Crippen LogP contribution in [0.5, 0.6) is 5.75 Å². The molecule has 30 heavy (non-hydrogen) atoms. The number of fused-ring (bicyclic) bond motifs is 1. The predicted molar refractivity (Wildman–Crippen MR) is 115 cm³/mol. The summed E-state index contributed by atoms with van der Waals surface area (Å²) in [6, 6.07) is 7.79. The van der Waals surface area contributed by atoms with Crippen molar-refractivity contribution in [3.8, 4) is 5.75 Å². The van der Waals surface area contributed by atoms with E-state index >= 15 is 0 Å². The van der Waals surface area contributed by atoms with Crippen molar-refractivity contribution in [2.75, 3.05) is 17.9 Å². The van der Waals surface area contributed by atoms with Gasteiger partial charge in [0.25, 0.3) is 5.91 Å². The first-order valence-corrected chi connectivity index (χ1v) is 11.0. The Morgan fingerprint density at radius 1 is 1.33 bits per heavy atom. The number of amidine groups is 1. The molecule has 2 aliphatic heterocycles. The number of pyridine rings is 1. The molecule has 1 atom stereocenters. The third kappa shape index (κ3) is 4.13. The minimum Gasteiger partial charge on any atom is -0.491 e. The molecule has 0 bridgehead atoms. The van der Waals surface area contributed by atoms with Gasteiger partial charge in [-0.05, 0) is 48.4 Å². The van der Waals surface area contributed by atoms with Crippen molar-refractivity contribution in [1.29, 1.82) is 0 Å². The molecule has 2 aromatic rings. The fourth-order valence-corrected chi connectivity index (χ4v) is 4.60. The number of ether oxygens (including phenoxy) is 1. The zero-order valence-corrected chi connectivity index (χ0v) is 16.9. The molecule has 4 rings (SSSR count). The van der Waals surface area contributed by atoms with Gasteiger partial charge < -0.3 is 20.4 Å². The Balaban J connectivity index is 1.53. The Bertz CT molecular complexity index is 1050. The molecule has 160 valence electrons. The maximum absolute atomic E-state index is 12.9. The lowest BCUT2D eigenvalue weighted by atomic mass is 10.0. The summed E-state index contributed by atoms with van der Waals surface area (Å²) in [6.07, 6.45) is 4.08. The second-order valence-corrected chi connectivity index (χ2v) is 8.60. The second-order valence-electron chi connectivity index (χ2n) is 7.18. The van der Waals surface area contributed by atoms with Crippen molar-refractivity contribution in [2.24, 2.45) is 10.1 Å². The molecule has 11 heteroatoms. The van der Waals surface area contributed by atoms with Gasteiger partial charge in [0.15, 0.2) is 5.84 Å². The van der Waals surface area contributed by atoms with E-state index < -0.39 is 11.0 Å². The minimum absolute atomic E-state index is 0.0283. The number of piperidine rings is 1. The number of carbonyl (C=O) groups excluding carboxylic acids is 1. The fourth-order valence-electron chi connectivity index (χ4n) is 3.72. The summed E-state index contributed by atoms with van der Waals surface area (Å²) in [4.78, 5) is 28.8. The van der Waals surface area contributed by atoms with Crippen LogP contribution in [-0.4, -0.2) is 49.9 Å². The lowest BCUT2D eigenvalue weighted by molar-refractivity contribution is 0.0528. The van der Waals surface area contributed by atoms with E-state index in [0.717, 1.165) is 19.3 Å². The third-order valence-corrected chi connectivity index (χ3v) is 6.04. The smallest absolute Gasteiger partial charge is 0.254 e. The molecule has 3 heterocycles. The van der Waals surface area contributed by atoms with Crippen molar-refractivity contribution in [3.63, 3.8) is 0 Å². The zero-order valence-electron chi connectivity index (χ0n) is 16.1. The number of nitrogens with two attached hydrogens (primary N) is 1. The van der Waals surface area contributed by atoms with E-state index in [1.54, 1.807) is 29.2 Å². The Hall–Kier alpha value is -3.02. The summed E-state index contributed by atoms with van der Waals surface area (Å²) >= 11 is 0. The number of amides is 1. The number of rotatable bonds is 4. The number of aromatic amines is 1. The molecule has 10 nitrogen and oxygen atoms in total. The number of aromatic nitrogens is 1. The molecule has 1 amide bonds. The van der Waals surface area contributed by atoms with Crippen molar-refractivity contribution in [2.45, 2.75) is 25.3 Å². The Labute approximate surface area is 174 Å². The normalized spacial score (nSPS) is 21.1. The van der Waals surface area contributed by atoms with Gasteiger partial charge in [-0.2, -0.15) is 0 Å². The number of anilines is 1. The van der Waals surface area contributed by atoms with Crippen LogP contribution in [0.25, 0.3) is 0 Å². The van der Waals surface area contributed by atoms with Crippen LogP contribution in [0, 0.1) is 0 Å². The SMILES string of the molecule is NC1=NS(O)(O)Nc2cccc(OC[C@H]3CCCCN3C(=O)c3cc[nH]c(=O)c3)c21. The molecule has 0 saturated carbocycles. The van der Waals surface area contributed by atoms with Crippen LogP contribution in [0.4, 0.5) is 5.69 Å². The summed E-state index contributed by atoms with van der Waals surface area (Å²) in [5, 5.41) is 0. The monoisotopic (exact) mass is 433 g/mol. The maximum atomic E-state index is 12.9. The van der Waals surface area contributed by atoms with Gasteiger partial charge in [-0.3, -0.25) is 23.4 Å². The number of benzene rings is 1. The Kier molecular flexibility index (Phi) is 5.41. The van der Waals surface area contributed by atoms with Gasteiger partial charge in [0.1, 0.15) is 12.4 Å². The number of H-pyrrole nitrogens is 1. The highest BCUT2D eigenvalue weighted by Crippen LogP contribution is 2.46. The van der Waals surface area contributed by atoms with Gasteiger partial charge >= 0.3 is 0 Å². The largest absolute Gasteiger partial charge is 0.491 e. The van der Waals surface area contributed by atoms with Crippen LogP contribution in [0.1, 0.15) is 35.2 Å². The standard InChI is InChI=1S/C19H23N5O5S/c20-18-17-14(22-30(27,28)23-18)5-3-6-15(17)29-11-13-4-1-2-9-24(13)19(26)12-7-8-21-16(25)10-12/h3,5-8,10,13,22,27-28H,1-2,4,9,11H2,(H2,20,23)(H,21,25)/t13-/m1/s1. The number of nitrogens with zero attached hydrogens (tertiary/aromatic N) is 2. The maximum Gasteiger partial charge on any atom is 0.254 e. The average Bonchev–Trinajstić information content (AvgIpc) is 2.70. The first-order valence-electron chi connectivity index (χ1n) is 9.51. The van der Waals surface area contributed by atoms with E-state index in [9.17, 15) is 18.7 Å². The lowest BCUT2D eigenvalue weighted by Gasteiger charge is -2.36. The van der Waals surface area contributed by atoms with E-state index in [4.69, 9.17) is 10.5 Å². The van der Waals surface area contributed by atoms with Crippen molar-refractivity contribution >= 4 is 28.4 Å². The number of likely N-dealkylation sites (tertiary alicyclic amines) is 1. The topological polar surface area (TPSA) is 153 Å². The average molecular weight is 433 g/mol. The zero-order chi connectivity index (χ0) is 21.3. The van der Waals surface area contributed by atoms with Crippen molar-refractivity contribution < 1.29 is 18.6 Å². The van der Waals surface area contributed by atoms with E-state index in [2.05, 4.69) is 14.1 Å². The second kappa shape index (κ2) is 8.01. The van der Waals surface area contributed by atoms with Crippen molar-refractivity contribution in [1.82, 2.24) is 9.88 Å². The van der Waals surface area contributed by atoms with Gasteiger partial charge in [-0.1, -0.05) is 6.07 Å². The molecule has 1 saturated heterocycles. The molecule has 1 aromatic heterocycles. The Morgan fingerprint density at radius 2 is 2.17 bits per heavy atom. The molecule has 2 aliphatic rings. The quantitative estimate of drug-likeness (QED) is 0.495. The van der Waals surface area contributed by atoms with Crippen molar-refractivity contribution in [3.05, 3.63) is 58.0 Å². The number of nitrogens with one attached hydrogen (secondary N) is 2. The van der Waals surface area contributed by atoms with E-state index in [1.807, 2.05) is 0 Å². The molecule has 0 unspecified atom stereocenters. The highest BCUT2D eigenvalue weighted by atomic mass is 32.3. The van der Waals surface area contributed by atoms with E-state index in [-0.39, 0.29) is 30.0 Å². The first kappa shape index (κ1) is 20.3. The van der Waals surface area contributed by atoms with Gasteiger partial charge in [0.05, 0.1) is 17.3 Å². The summed E-state index contributed by atoms with van der Waals surface area (Å²) in [5.74, 6) is 0.200. The predicted octanol–water partition coefficient (Wildman–Crippen LogP) is 2.16. The molecule has 1 fully saturated rings. The van der Waals surface area contributed by atoms with Gasteiger partial charge in [0.2, 0.25) is 5.56 Å². The van der Waals surface area contributed by atoms with Crippen LogP contribution in [0.2, 0.25) is 0 Å². The number of carbonyl (C=O) groups is 1. The third-order valence-electron chi connectivity index (χ3n) is 5.10. The van der Waals surface area contributed by atoms with E-state index in [0.29, 0.717) is 29.1 Å². The molecule has 0 aliphatic carbocycles. The highest BCUT2D eigenvalue weighted by Gasteiger charge is 2.30. The summed E-state index contributed by atoms with van der Waals surface area (Å²) < 4.78 is 31.8. The molecule has 6 N–H and O–H groups in total. The fraction of sp³-hybridized carbons (Fsp3) is 0.316. The molecule has 0 spiro atoms. The summed E-state index contributed by atoms with van der Waals surface area (Å²) in [7, 11) is -3.38. The van der Waals surface area contributed by atoms with Crippen LogP contribution < -0.4 is 20.8 Å². The van der Waals surface area contributed by atoms with Gasteiger partial charge in [-0.25, -0.2) is 0 Å². The number of hydrogen-bond donors (Lipinski definition) is 5. The molecule has 1 aromatic carbocycles. The van der Waals surface area contributed by atoms with Gasteiger partial charge in [-0.15, -0.1) is 4.40 Å². The molecule has 0 radical (unpaired) electrons. The highest BCUT2D eigenvalue weighted by molar-refractivity contribution is 8.24. The van der Waals surface area contributed by atoms with E-state index in [1.165, 1.54) is 12.3 Å². The van der Waals surface area contributed by atoms with Crippen LogP contribution >= 0.6 is 11.0 Å². The van der Waals surface area contributed by atoms with Gasteiger partial charge in [0, 0.05) is 24.4 Å².